The van der Waals surface area contributed by atoms with E-state index in [1.165, 1.54) is 12.8 Å². The first-order chi connectivity index (χ1) is 7.66. The fraction of sp³-hybridized carbons (Fsp3) is 1.00. The minimum Gasteiger partial charge on any atom is -0.316 e. The maximum absolute atomic E-state index is 11.9. The Bertz CT molecular complexity index is 352. The summed E-state index contributed by atoms with van der Waals surface area (Å²) in [5.41, 5.74) is 0. The molecule has 0 spiro atoms. The summed E-state index contributed by atoms with van der Waals surface area (Å²) >= 11 is 0. The van der Waals surface area contributed by atoms with Crippen LogP contribution in [0.1, 0.15) is 25.7 Å². The molecule has 0 bridgehead atoms. The number of piperidine rings is 1. The van der Waals surface area contributed by atoms with Gasteiger partial charge in [-0.2, -0.15) is 0 Å². The monoisotopic (exact) mass is 244 g/mol. The first-order valence-corrected chi connectivity index (χ1v) is 8.02. The Hall–Kier alpha value is -0.130. The molecule has 2 N–H and O–H groups in total. The second-order valence-corrected chi connectivity index (χ2v) is 7.36. The van der Waals surface area contributed by atoms with E-state index in [4.69, 9.17) is 0 Å². The predicted molar refractivity (Wildman–Crippen MR) is 62.5 cm³/mol. The van der Waals surface area contributed by atoms with Crippen LogP contribution in [0.3, 0.4) is 0 Å². The predicted octanol–water partition coefficient (Wildman–Crippen LogP) is 0.314. The van der Waals surface area contributed by atoms with Crippen LogP contribution >= 0.6 is 0 Å². The van der Waals surface area contributed by atoms with Crippen molar-refractivity contribution in [2.75, 3.05) is 18.8 Å². The van der Waals surface area contributed by atoms with Gasteiger partial charge in [0.05, 0.1) is 5.75 Å². The molecule has 4 nitrogen and oxygen atoms in total. The lowest BCUT2D eigenvalue weighted by atomic mass is 10.1. The van der Waals surface area contributed by atoms with E-state index >= 15 is 0 Å². The SMILES string of the molecule is O=S(=O)(CC1CCCC1)NC1C2CNCC21. The molecule has 2 unspecified atom stereocenters. The van der Waals surface area contributed by atoms with E-state index in [-0.39, 0.29) is 6.04 Å². The zero-order valence-electron chi connectivity index (χ0n) is 9.48. The molecular formula is C11H20N2O2S. The Morgan fingerprint density at radius 1 is 1.12 bits per heavy atom. The van der Waals surface area contributed by atoms with Gasteiger partial charge in [0.25, 0.3) is 0 Å². The Morgan fingerprint density at radius 3 is 2.38 bits per heavy atom. The van der Waals surface area contributed by atoms with Gasteiger partial charge in [0.2, 0.25) is 10.0 Å². The van der Waals surface area contributed by atoms with Gasteiger partial charge in [0.1, 0.15) is 0 Å². The van der Waals surface area contributed by atoms with Crippen molar-refractivity contribution in [3.63, 3.8) is 0 Å². The zero-order valence-corrected chi connectivity index (χ0v) is 10.3. The maximum atomic E-state index is 11.9. The zero-order chi connectivity index (χ0) is 11.2. The van der Waals surface area contributed by atoms with Crippen LogP contribution in [-0.2, 0) is 10.0 Å². The third kappa shape index (κ3) is 2.13. The largest absolute Gasteiger partial charge is 0.316 e. The van der Waals surface area contributed by atoms with Crippen LogP contribution in [0.5, 0.6) is 0 Å². The highest BCUT2D eigenvalue weighted by Gasteiger charge is 2.54. The lowest BCUT2D eigenvalue weighted by Gasteiger charge is -2.12. The molecule has 3 aliphatic rings. The summed E-state index contributed by atoms with van der Waals surface area (Å²) in [6.07, 6.45) is 4.61. The van der Waals surface area contributed by atoms with Crippen LogP contribution < -0.4 is 10.0 Å². The number of sulfonamides is 1. The summed E-state index contributed by atoms with van der Waals surface area (Å²) in [4.78, 5) is 0. The van der Waals surface area contributed by atoms with Crippen LogP contribution in [-0.4, -0.2) is 33.3 Å². The summed E-state index contributed by atoms with van der Waals surface area (Å²) in [6.45, 7) is 1.97. The average molecular weight is 244 g/mol. The minimum atomic E-state index is -3.02. The molecule has 0 aromatic rings. The molecule has 1 saturated heterocycles. The Morgan fingerprint density at radius 2 is 1.75 bits per heavy atom. The van der Waals surface area contributed by atoms with Gasteiger partial charge in [0.15, 0.2) is 0 Å². The Balaban J connectivity index is 1.53. The third-order valence-corrected chi connectivity index (χ3v) is 5.88. The lowest BCUT2D eigenvalue weighted by Crippen LogP contribution is -2.35. The second-order valence-electron chi connectivity index (χ2n) is 5.56. The highest BCUT2D eigenvalue weighted by atomic mass is 32.2. The number of hydrogen-bond donors (Lipinski definition) is 2. The Labute approximate surface area is 97.2 Å². The standard InChI is InChI=1S/C11H20N2O2S/c14-16(15,7-8-3-1-2-4-8)13-11-9-5-12-6-10(9)11/h8-13H,1-7H2. The summed E-state index contributed by atoms with van der Waals surface area (Å²) in [5, 5.41) is 3.28. The first-order valence-electron chi connectivity index (χ1n) is 6.36. The van der Waals surface area contributed by atoms with E-state index in [0.29, 0.717) is 23.5 Å². The van der Waals surface area contributed by atoms with Gasteiger partial charge >= 0.3 is 0 Å². The lowest BCUT2D eigenvalue weighted by molar-refractivity contribution is 0.537. The molecular weight excluding hydrogens is 224 g/mol. The molecule has 5 heteroatoms. The number of nitrogens with one attached hydrogen (secondary N) is 2. The highest BCUT2D eigenvalue weighted by Crippen LogP contribution is 2.42. The summed E-state index contributed by atoms with van der Waals surface area (Å²) in [5.74, 6) is 1.90. The third-order valence-electron chi connectivity index (χ3n) is 4.34. The molecule has 2 atom stereocenters. The van der Waals surface area contributed by atoms with Gasteiger partial charge < -0.3 is 5.32 Å². The molecule has 3 rings (SSSR count). The smallest absolute Gasteiger partial charge is 0.212 e. The molecule has 3 fully saturated rings. The van der Waals surface area contributed by atoms with Gasteiger partial charge in [-0.3, -0.25) is 0 Å². The molecule has 2 aliphatic carbocycles. The van der Waals surface area contributed by atoms with Crippen LogP contribution in [0.15, 0.2) is 0 Å². The van der Waals surface area contributed by atoms with Crippen molar-refractivity contribution in [2.45, 2.75) is 31.7 Å². The number of hydrogen-bond acceptors (Lipinski definition) is 3. The van der Waals surface area contributed by atoms with E-state index in [0.717, 1.165) is 25.9 Å². The summed E-state index contributed by atoms with van der Waals surface area (Å²) < 4.78 is 26.8. The van der Waals surface area contributed by atoms with Crippen molar-refractivity contribution in [1.82, 2.24) is 10.0 Å². The van der Waals surface area contributed by atoms with Crippen molar-refractivity contribution in [2.24, 2.45) is 17.8 Å². The van der Waals surface area contributed by atoms with Gasteiger partial charge in [-0.1, -0.05) is 12.8 Å². The van der Waals surface area contributed by atoms with Crippen molar-refractivity contribution in [3.05, 3.63) is 0 Å². The molecule has 0 amide bonds. The molecule has 1 heterocycles. The van der Waals surface area contributed by atoms with Crippen molar-refractivity contribution in [3.8, 4) is 0 Å². The van der Waals surface area contributed by atoms with E-state index in [1.54, 1.807) is 0 Å². The van der Waals surface area contributed by atoms with E-state index < -0.39 is 10.0 Å². The van der Waals surface area contributed by atoms with Crippen molar-refractivity contribution in [1.29, 1.82) is 0 Å². The number of fused-ring (bicyclic) bond motifs is 1. The summed E-state index contributed by atoms with van der Waals surface area (Å²) in [6, 6.07) is 0.243. The molecule has 92 valence electrons. The second kappa shape index (κ2) is 3.96. The van der Waals surface area contributed by atoms with Gasteiger partial charge in [-0.25, -0.2) is 13.1 Å². The number of rotatable bonds is 4. The molecule has 0 radical (unpaired) electrons. The fourth-order valence-electron chi connectivity index (χ4n) is 3.34. The highest BCUT2D eigenvalue weighted by molar-refractivity contribution is 7.89. The van der Waals surface area contributed by atoms with E-state index in [1.807, 2.05) is 0 Å². The molecule has 16 heavy (non-hydrogen) atoms. The van der Waals surface area contributed by atoms with Crippen LogP contribution in [0, 0.1) is 17.8 Å². The van der Waals surface area contributed by atoms with Gasteiger partial charge in [-0.05, 0) is 43.7 Å². The summed E-state index contributed by atoms with van der Waals surface area (Å²) in [7, 11) is -3.02. The van der Waals surface area contributed by atoms with Crippen LogP contribution in [0.25, 0.3) is 0 Å². The molecule has 0 aromatic carbocycles. The van der Waals surface area contributed by atoms with E-state index in [2.05, 4.69) is 10.0 Å². The molecule has 1 aliphatic heterocycles. The molecule has 0 aromatic heterocycles. The molecule has 2 saturated carbocycles. The van der Waals surface area contributed by atoms with Crippen LogP contribution in [0.2, 0.25) is 0 Å². The topological polar surface area (TPSA) is 58.2 Å². The fourth-order valence-corrected chi connectivity index (χ4v) is 5.15. The van der Waals surface area contributed by atoms with E-state index in [9.17, 15) is 8.42 Å². The van der Waals surface area contributed by atoms with Gasteiger partial charge in [-0.15, -0.1) is 0 Å². The van der Waals surface area contributed by atoms with Crippen LogP contribution in [0.4, 0.5) is 0 Å². The normalized spacial score (nSPS) is 38.9. The van der Waals surface area contributed by atoms with Crippen molar-refractivity contribution >= 4 is 10.0 Å². The van der Waals surface area contributed by atoms with Gasteiger partial charge in [0, 0.05) is 6.04 Å². The van der Waals surface area contributed by atoms with Crippen molar-refractivity contribution < 1.29 is 8.42 Å². The Kier molecular flexibility index (Phi) is 2.72. The quantitative estimate of drug-likeness (QED) is 0.748. The average Bonchev–Trinajstić information content (AvgIpc) is 2.68. The maximum Gasteiger partial charge on any atom is 0.212 e. The minimum absolute atomic E-state index is 0.243. The first kappa shape index (κ1) is 11.0.